The van der Waals surface area contributed by atoms with Gasteiger partial charge in [0, 0.05) is 49.7 Å². The zero-order valence-corrected chi connectivity index (χ0v) is 22.8. The molecule has 1 saturated heterocycles. The molecule has 8 heteroatoms. The Balaban J connectivity index is 0.00000363. The topological polar surface area (TPSA) is 60.9 Å². The lowest BCUT2D eigenvalue weighted by atomic mass is 10.0. The van der Waals surface area contributed by atoms with Crippen molar-refractivity contribution in [2.24, 2.45) is 4.99 Å². The number of nitrogens with one attached hydrogen (secondary N) is 3. The summed E-state index contributed by atoms with van der Waals surface area (Å²) in [6.07, 6.45) is 0. The first-order valence-corrected chi connectivity index (χ1v) is 12.0. The lowest BCUT2D eigenvalue weighted by Gasteiger charge is -2.35. The SMILES string of the molecule is CN=C(NCC(c1cccs1)N1CCOCC1)NCC(C)(C)NC(C)c1ccccc1.I. The third-order valence-corrected chi connectivity index (χ3v) is 6.62. The van der Waals surface area contributed by atoms with Gasteiger partial charge < -0.3 is 20.7 Å². The third kappa shape index (κ3) is 8.30. The Morgan fingerprint density at radius 3 is 2.47 bits per heavy atom. The first-order chi connectivity index (χ1) is 15.0. The Kier molecular flexibility index (Phi) is 11.4. The molecule has 0 amide bonds. The number of rotatable bonds is 9. The summed E-state index contributed by atoms with van der Waals surface area (Å²) in [5.41, 5.74) is 1.20. The molecule has 1 aromatic carbocycles. The molecule has 32 heavy (non-hydrogen) atoms. The Morgan fingerprint density at radius 2 is 1.84 bits per heavy atom. The highest BCUT2D eigenvalue weighted by atomic mass is 127. The highest BCUT2D eigenvalue weighted by Gasteiger charge is 2.25. The summed E-state index contributed by atoms with van der Waals surface area (Å²) >= 11 is 1.81. The predicted octanol–water partition coefficient (Wildman–Crippen LogP) is 4.03. The molecule has 0 radical (unpaired) electrons. The molecule has 0 saturated carbocycles. The average molecular weight is 572 g/mol. The number of thiophene rings is 1. The standard InChI is InChI=1S/C24H37N5OS.HI/c1-19(20-9-6-5-7-10-20)28-24(2,3)18-27-23(25-4)26-17-21(22-11-8-16-31-22)29-12-14-30-15-13-29;/h5-11,16,19,21,28H,12-15,17-18H2,1-4H3,(H2,25,26,27);1H. The summed E-state index contributed by atoms with van der Waals surface area (Å²) in [6, 6.07) is 15.5. The van der Waals surface area contributed by atoms with Crippen molar-refractivity contribution >= 4 is 41.3 Å². The molecular formula is C24H38IN5OS. The second-order valence-electron chi connectivity index (χ2n) is 8.65. The Hall–Kier alpha value is -1.20. The minimum absolute atomic E-state index is 0. The van der Waals surface area contributed by atoms with Gasteiger partial charge in [-0.25, -0.2) is 0 Å². The molecule has 0 bridgehead atoms. The van der Waals surface area contributed by atoms with Gasteiger partial charge in [-0.15, -0.1) is 35.3 Å². The minimum atomic E-state index is -0.0930. The number of halogens is 1. The predicted molar refractivity (Wildman–Crippen MR) is 146 cm³/mol. The molecule has 2 heterocycles. The smallest absolute Gasteiger partial charge is 0.191 e. The van der Waals surface area contributed by atoms with E-state index in [-0.39, 0.29) is 35.6 Å². The number of ether oxygens (including phenoxy) is 1. The van der Waals surface area contributed by atoms with Crippen molar-refractivity contribution in [3.63, 3.8) is 0 Å². The van der Waals surface area contributed by atoms with Crippen LogP contribution in [0.2, 0.25) is 0 Å². The van der Waals surface area contributed by atoms with Crippen LogP contribution in [-0.2, 0) is 4.74 Å². The van der Waals surface area contributed by atoms with Crippen molar-refractivity contribution in [3.05, 3.63) is 58.3 Å². The molecule has 6 nitrogen and oxygen atoms in total. The van der Waals surface area contributed by atoms with E-state index < -0.39 is 0 Å². The van der Waals surface area contributed by atoms with E-state index in [1.165, 1.54) is 10.4 Å². The molecule has 3 rings (SSSR count). The van der Waals surface area contributed by atoms with Crippen molar-refractivity contribution in [1.29, 1.82) is 0 Å². The first kappa shape index (κ1) is 27.0. The van der Waals surface area contributed by atoms with Gasteiger partial charge in [-0.3, -0.25) is 9.89 Å². The second-order valence-corrected chi connectivity index (χ2v) is 9.63. The maximum Gasteiger partial charge on any atom is 0.191 e. The monoisotopic (exact) mass is 571 g/mol. The maximum absolute atomic E-state index is 5.55. The van der Waals surface area contributed by atoms with Gasteiger partial charge in [0.15, 0.2) is 5.96 Å². The van der Waals surface area contributed by atoms with Crippen LogP contribution in [0.4, 0.5) is 0 Å². The maximum atomic E-state index is 5.55. The van der Waals surface area contributed by atoms with E-state index in [4.69, 9.17) is 4.74 Å². The van der Waals surface area contributed by atoms with E-state index in [2.05, 4.69) is 94.5 Å². The molecule has 2 unspecified atom stereocenters. The van der Waals surface area contributed by atoms with E-state index in [9.17, 15) is 0 Å². The normalized spacial score (nSPS) is 17.3. The number of guanidine groups is 1. The molecule has 0 aliphatic carbocycles. The highest BCUT2D eigenvalue weighted by molar-refractivity contribution is 14.0. The number of hydrogen-bond acceptors (Lipinski definition) is 5. The van der Waals surface area contributed by atoms with Crippen molar-refractivity contribution < 1.29 is 4.74 Å². The van der Waals surface area contributed by atoms with Crippen LogP contribution >= 0.6 is 35.3 Å². The van der Waals surface area contributed by atoms with E-state index in [0.717, 1.165) is 45.4 Å². The Labute approximate surface area is 214 Å². The lowest BCUT2D eigenvalue weighted by Crippen LogP contribution is -2.53. The van der Waals surface area contributed by atoms with Crippen molar-refractivity contribution in [3.8, 4) is 0 Å². The molecule has 1 aliphatic rings. The van der Waals surface area contributed by atoms with Gasteiger partial charge in [0.1, 0.15) is 0 Å². The van der Waals surface area contributed by atoms with Gasteiger partial charge in [-0.1, -0.05) is 36.4 Å². The van der Waals surface area contributed by atoms with Crippen LogP contribution in [0.25, 0.3) is 0 Å². The number of nitrogens with zero attached hydrogens (tertiary/aromatic N) is 2. The molecule has 2 aromatic rings. The molecule has 1 aromatic heterocycles. The highest BCUT2D eigenvalue weighted by Crippen LogP contribution is 2.25. The van der Waals surface area contributed by atoms with Crippen LogP contribution in [0.5, 0.6) is 0 Å². The summed E-state index contributed by atoms with van der Waals surface area (Å²) in [5, 5.41) is 12.9. The molecular weight excluding hydrogens is 533 g/mol. The molecule has 1 aliphatic heterocycles. The van der Waals surface area contributed by atoms with Crippen molar-refractivity contribution in [2.75, 3.05) is 46.4 Å². The molecule has 0 spiro atoms. The minimum Gasteiger partial charge on any atom is -0.379 e. The number of benzene rings is 1. The largest absolute Gasteiger partial charge is 0.379 e. The third-order valence-electron chi connectivity index (χ3n) is 5.65. The second kappa shape index (κ2) is 13.5. The molecule has 178 valence electrons. The fraction of sp³-hybridized carbons (Fsp3) is 0.542. The Morgan fingerprint density at radius 1 is 1.12 bits per heavy atom. The van der Waals surface area contributed by atoms with Crippen molar-refractivity contribution in [1.82, 2.24) is 20.9 Å². The summed E-state index contributed by atoms with van der Waals surface area (Å²) in [6.45, 7) is 11.7. The summed E-state index contributed by atoms with van der Waals surface area (Å²) in [7, 11) is 1.83. The fourth-order valence-corrected chi connectivity index (χ4v) is 4.82. The van der Waals surface area contributed by atoms with E-state index in [1.54, 1.807) is 0 Å². The zero-order valence-electron chi connectivity index (χ0n) is 19.6. The van der Waals surface area contributed by atoms with Gasteiger partial charge in [0.05, 0.1) is 19.3 Å². The lowest BCUT2D eigenvalue weighted by molar-refractivity contribution is 0.0177. The summed E-state index contributed by atoms with van der Waals surface area (Å²) < 4.78 is 5.55. The quantitative estimate of drug-likeness (QED) is 0.241. The number of hydrogen-bond donors (Lipinski definition) is 3. The molecule has 1 fully saturated rings. The summed E-state index contributed by atoms with van der Waals surface area (Å²) in [4.78, 5) is 8.33. The van der Waals surface area contributed by atoms with Crippen LogP contribution in [-0.4, -0.2) is 62.8 Å². The van der Waals surface area contributed by atoms with Gasteiger partial charge in [-0.2, -0.15) is 0 Å². The van der Waals surface area contributed by atoms with Crippen LogP contribution in [0.3, 0.4) is 0 Å². The average Bonchev–Trinajstić information content (AvgIpc) is 3.31. The van der Waals surface area contributed by atoms with Crippen LogP contribution < -0.4 is 16.0 Å². The number of aliphatic imine (C=N–C) groups is 1. The van der Waals surface area contributed by atoms with Gasteiger partial charge >= 0.3 is 0 Å². The fourth-order valence-electron chi connectivity index (χ4n) is 3.96. The van der Waals surface area contributed by atoms with Crippen LogP contribution in [0.15, 0.2) is 52.8 Å². The van der Waals surface area contributed by atoms with Gasteiger partial charge in [0.2, 0.25) is 0 Å². The van der Waals surface area contributed by atoms with Crippen LogP contribution in [0, 0.1) is 0 Å². The molecule has 3 N–H and O–H groups in total. The van der Waals surface area contributed by atoms with Crippen LogP contribution in [0.1, 0.15) is 43.3 Å². The molecule has 2 atom stereocenters. The Bertz CT molecular complexity index is 794. The van der Waals surface area contributed by atoms with Crippen molar-refractivity contribution in [2.45, 2.75) is 38.4 Å². The van der Waals surface area contributed by atoms with E-state index >= 15 is 0 Å². The van der Waals surface area contributed by atoms with Gasteiger partial charge in [0.25, 0.3) is 0 Å². The zero-order chi connectivity index (χ0) is 22.1. The van der Waals surface area contributed by atoms with Gasteiger partial charge in [-0.05, 0) is 37.8 Å². The van der Waals surface area contributed by atoms with E-state index in [1.807, 2.05) is 18.4 Å². The number of morpholine rings is 1. The van der Waals surface area contributed by atoms with E-state index in [0.29, 0.717) is 6.04 Å². The first-order valence-electron chi connectivity index (χ1n) is 11.1. The summed E-state index contributed by atoms with van der Waals surface area (Å²) in [5.74, 6) is 0.831.